The smallest absolute Gasteiger partial charge is 0.246 e. The molecule has 3 N–H and O–H groups in total. The number of hydrogen-bond donors (Lipinski definition) is 2. The first-order valence-electron chi connectivity index (χ1n) is 4.63. The summed E-state index contributed by atoms with van der Waals surface area (Å²) in [5.41, 5.74) is 5.42. The molecule has 0 amide bonds. The highest BCUT2D eigenvalue weighted by Crippen LogP contribution is 2.06. The first kappa shape index (κ1) is 9.83. The van der Waals surface area contributed by atoms with Gasteiger partial charge in [0.05, 0.1) is 0 Å². The van der Waals surface area contributed by atoms with Gasteiger partial charge in [-0.05, 0) is 6.42 Å². The van der Waals surface area contributed by atoms with Crippen LogP contribution in [0.1, 0.15) is 26.2 Å². The number of unbranched alkanes of at least 4 members (excludes halogenated alkanes) is 2. The largest absolute Gasteiger partial charge is 0.368 e. The van der Waals surface area contributed by atoms with Gasteiger partial charge < -0.3 is 10.6 Å². The SMILES string of the molecule is CCCCCN(C)c1n[nH]c(N)n1. The number of aromatic nitrogens is 3. The molecule has 0 atom stereocenters. The minimum absolute atomic E-state index is 0.373. The van der Waals surface area contributed by atoms with E-state index in [1.54, 1.807) is 0 Å². The number of nitrogens with two attached hydrogens (primary N) is 1. The lowest BCUT2D eigenvalue weighted by Gasteiger charge is -2.13. The summed E-state index contributed by atoms with van der Waals surface area (Å²) in [6.45, 7) is 3.16. The van der Waals surface area contributed by atoms with Gasteiger partial charge in [-0.1, -0.05) is 19.8 Å². The average molecular weight is 183 g/mol. The second-order valence-corrected chi connectivity index (χ2v) is 3.15. The Hall–Kier alpha value is -1.26. The van der Waals surface area contributed by atoms with Crippen LogP contribution in [0, 0.1) is 0 Å². The van der Waals surface area contributed by atoms with Crippen LogP contribution in [0.5, 0.6) is 0 Å². The van der Waals surface area contributed by atoms with Crippen LogP contribution >= 0.6 is 0 Å². The number of nitrogen functional groups attached to an aromatic ring is 1. The van der Waals surface area contributed by atoms with Gasteiger partial charge in [0.1, 0.15) is 0 Å². The fourth-order valence-electron chi connectivity index (χ4n) is 1.13. The Kier molecular flexibility index (Phi) is 3.54. The second-order valence-electron chi connectivity index (χ2n) is 3.15. The van der Waals surface area contributed by atoms with Crippen molar-refractivity contribution >= 4 is 11.9 Å². The highest BCUT2D eigenvalue weighted by atomic mass is 15.4. The van der Waals surface area contributed by atoms with Gasteiger partial charge in [-0.25, -0.2) is 5.10 Å². The second kappa shape index (κ2) is 4.69. The number of anilines is 2. The molecule has 0 unspecified atom stereocenters. The molecule has 5 nitrogen and oxygen atoms in total. The minimum atomic E-state index is 0.373. The van der Waals surface area contributed by atoms with E-state index in [1.165, 1.54) is 19.3 Å². The number of hydrogen-bond acceptors (Lipinski definition) is 4. The van der Waals surface area contributed by atoms with Crippen LogP contribution in [0.3, 0.4) is 0 Å². The van der Waals surface area contributed by atoms with Crippen molar-refractivity contribution in [1.29, 1.82) is 0 Å². The lowest BCUT2D eigenvalue weighted by atomic mass is 10.2. The van der Waals surface area contributed by atoms with Crippen molar-refractivity contribution in [2.45, 2.75) is 26.2 Å². The van der Waals surface area contributed by atoms with Gasteiger partial charge >= 0.3 is 0 Å². The number of nitrogens with zero attached hydrogens (tertiary/aromatic N) is 3. The molecule has 1 aromatic heterocycles. The summed E-state index contributed by atoms with van der Waals surface area (Å²) in [6.07, 6.45) is 3.63. The van der Waals surface area contributed by atoms with Crippen LogP contribution in [0.15, 0.2) is 0 Å². The molecule has 0 aliphatic rings. The summed E-state index contributed by atoms with van der Waals surface area (Å²) < 4.78 is 0. The summed E-state index contributed by atoms with van der Waals surface area (Å²) in [5, 5.41) is 6.57. The molecule has 13 heavy (non-hydrogen) atoms. The zero-order chi connectivity index (χ0) is 9.68. The van der Waals surface area contributed by atoms with Crippen LogP contribution in [-0.2, 0) is 0 Å². The van der Waals surface area contributed by atoms with Gasteiger partial charge in [-0.15, -0.1) is 5.10 Å². The molecule has 74 valence electrons. The highest BCUT2D eigenvalue weighted by molar-refractivity contribution is 5.32. The van der Waals surface area contributed by atoms with E-state index < -0.39 is 0 Å². The lowest BCUT2D eigenvalue weighted by molar-refractivity contribution is 0.697. The molecule has 1 rings (SSSR count). The Morgan fingerprint density at radius 3 is 2.77 bits per heavy atom. The van der Waals surface area contributed by atoms with Crippen molar-refractivity contribution in [2.75, 3.05) is 24.2 Å². The summed E-state index contributed by atoms with van der Waals surface area (Å²) >= 11 is 0. The van der Waals surface area contributed by atoms with E-state index in [4.69, 9.17) is 5.73 Å². The van der Waals surface area contributed by atoms with E-state index in [1.807, 2.05) is 11.9 Å². The van der Waals surface area contributed by atoms with Gasteiger partial charge in [0.25, 0.3) is 0 Å². The molecule has 0 aliphatic heterocycles. The third-order valence-electron chi connectivity index (χ3n) is 1.93. The summed E-state index contributed by atoms with van der Waals surface area (Å²) in [4.78, 5) is 6.03. The van der Waals surface area contributed by atoms with Crippen LogP contribution in [0.2, 0.25) is 0 Å². The number of nitrogens with one attached hydrogen (secondary N) is 1. The number of H-pyrrole nitrogens is 1. The Balaban J connectivity index is 2.35. The predicted molar refractivity (Wildman–Crippen MR) is 53.6 cm³/mol. The molecule has 0 spiro atoms. The van der Waals surface area contributed by atoms with Crippen molar-refractivity contribution in [3.8, 4) is 0 Å². The van der Waals surface area contributed by atoms with Crippen LogP contribution in [-0.4, -0.2) is 28.8 Å². The normalized spacial score (nSPS) is 10.3. The van der Waals surface area contributed by atoms with Crippen molar-refractivity contribution in [1.82, 2.24) is 15.2 Å². The van der Waals surface area contributed by atoms with Crippen LogP contribution < -0.4 is 10.6 Å². The molecule has 0 radical (unpaired) electrons. The fourth-order valence-corrected chi connectivity index (χ4v) is 1.13. The Morgan fingerprint density at radius 2 is 2.23 bits per heavy atom. The molecule has 0 saturated carbocycles. The highest BCUT2D eigenvalue weighted by Gasteiger charge is 2.04. The van der Waals surface area contributed by atoms with Gasteiger partial charge in [0.15, 0.2) is 0 Å². The molecular formula is C8H17N5. The van der Waals surface area contributed by atoms with E-state index in [2.05, 4.69) is 22.1 Å². The van der Waals surface area contributed by atoms with E-state index >= 15 is 0 Å². The standard InChI is InChI=1S/C8H17N5/c1-3-4-5-6-13(2)8-10-7(9)11-12-8/h3-6H2,1-2H3,(H3,9,10,11,12). The van der Waals surface area contributed by atoms with Gasteiger partial charge in [0.2, 0.25) is 11.9 Å². The molecular weight excluding hydrogens is 166 g/mol. The van der Waals surface area contributed by atoms with E-state index in [0.29, 0.717) is 11.9 Å². The third kappa shape index (κ3) is 2.93. The summed E-state index contributed by atoms with van der Waals surface area (Å²) in [6, 6.07) is 0. The Morgan fingerprint density at radius 1 is 1.46 bits per heavy atom. The first-order chi connectivity index (χ1) is 6.24. The zero-order valence-electron chi connectivity index (χ0n) is 8.25. The number of rotatable bonds is 5. The molecule has 1 aromatic rings. The molecule has 0 aromatic carbocycles. The van der Waals surface area contributed by atoms with Gasteiger partial charge in [-0.2, -0.15) is 4.98 Å². The van der Waals surface area contributed by atoms with Crippen molar-refractivity contribution < 1.29 is 0 Å². The van der Waals surface area contributed by atoms with Gasteiger partial charge in [0, 0.05) is 13.6 Å². The van der Waals surface area contributed by atoms with Crippen LogP contribution in [0.4, 0.5) is 11.9 Å². The van der Waals surface area contributed by atoms with E-state index in [0.717, 1.165) is 6.54 Å². The quantitative estimate of drug-likeness (QED) is 0.668. The van der Waals surface area contributed by atoms with E-state index in [9.17, 15) is 0 Å². The zero-order valence-corrected chi connectivity index (χ0v) is 8.25. The summed E-state index contributed by atoms with van der Waals surface area (Å²) in [5.74, 6) is 1.05. The number of aromatic amines is 1. The molecule has 0 aliphatic carbocycles. The average Bonchev–Trinajstić information content (AvgIpc) is 2.52. The molecule has 0 bridgehead atoms. The monoisotopic (exact) mass is 183 g/mol. The fraction of sp³-hybridized carbons (Fsp3) is 0.750. The molecule has 0 saturated heterocycles. The Labute approximate surface area is 78.3 Å². The van der Waals surface area contributed by atoms with Crippen molar-refractivity contribution in [3.05, 3.63) is 0 Å². The molecule has 1 heterocycles. The lowest BCUT2D eigenvalue weighted by Crippen LogP contribution is -2.19. The summed E-state index contributed by atoms with van der Waals surface area (Å²) in [7, 11) is 1.97. The van der Waals surface area contributed by atoms with Crippen molar-refractivity contribution in [3.63, 3.8) is 0 Å². The molecule has 5 heteroatoms. The van der Waals surface area contributed by atoms with E-state index in [-0.39, 0.29) is 0 Å². The first-order valence-corrected chi connectivity index (χ1v) is 4.63. The maximum absolute atomic E-state index is 5.42. The topological polar surface area (TPSA) is 70.8 Å². The van der Waals surface area contributed by atoms with Gasteiger partial charge in [-0.3, -0.25) is 0 Å². The predicted octanol–water partition coefficient (Wildman–Crippen LogP) is 1.01. The Bertz CT molecular complexity index is 244. The van der Waals surface area contributed by atoms with Crippen molar-refractivity contribution in [2.24, 2.45) is 0 Å². The van der Waals surface area contributed by atoms with Crippen LogP contribution in [0.25, 0.3) is 0 Å². The molecule has 0 fully saturated rings. The maximum atomic E-state index is 5.42. The minimum Gasteiger partial charge on any atom is -0.368 e. The maximum Gasteiger partial charge on any atom is 0.246 e. The third-order valence-corrected chi connectivity index (χ3v) is 1.93.